The Balaban J connectivity index is 1.23. The van der Waals surface area contributed by atoms with E-state index < -0.39 is 23.6 Å². The molecule has 2 saturated heterocycles. The van der Waals surface area contributed by atoms with Crippen molar-refractivity contribution in [1.82, 2.24) is 15.0 Å². The molecule has 0 radical (unpaired) electrons. The van der Waals surface area contributed by atoms with Crippen LogP contribution >= 0.6 is 0 Å². The lowest BCUT2D eigenvalue weighted by Gasteiger charge is -2.46. The standard InChI is InChI=1S/C29H31F3N6O4/c1-17-24-26(36-25(34-17)18-6-4-7-19(12-18)29(30,31)32)38(20-8-5-11-37(24)14-20)27(39)35-23-10-9-21(13-33-23)40-15-22-16-41-28(2,3)42-22/h4,6-7,9-10,12-13,20,22H,5,8,11,14-16H2,1-3H3,(H,33,35,39). The molecule has 3 aliphatic heterocycles. The van der Waals surface area contributed by atoms with E-state index in [2.05, 4.69) is 25.2 Å². The van der Waals surface area contributed by atoms with E-state index in [4.69, 9.17) is 14.2 Å². The summed E-state index contributed by atoms with van der Waals surface area (Å²) in [5.74, 6) is 0.681. The van der Waals surface area contributed by atoms with Crippen LogP contribution in [0.1, 0.15) is 37.9 Å². The Morgan fingerprint density at radius 3 is 2.76 bits per heavy atom. The van der Waals surface area contributed by atoms with Gasteiger partial charge in [0.25, 0.3) is 0 Å². The highest BCUT2D eigenvalue weighted by molar-refractivity contribution is 6.04. The monoisotopic (exact) mass is 584 g/mol. The van der Waals surface area contributed by atoms with Crippen LogP contribution in [0.5, 0.6) is 5.75 Å². The first-order chi connectivity index (χ1) is 20.0. The molecular weight excluding hydrogens is 553 g/mol. The van der Waals surface area contributed by atoms with Crippen LogP contribution < -0.4 is 19.9 Å². The summed E-state index contributed by atoms with van der Waals surface area (Å²) < 4.78 is 57.3. The summed E-state index contributed by atoms with van der Waals surface area (Å²) in [6.45, 7) is 7.60. The molecule has 2 bridgehead atoms. The van der Waals surface area contributed by atoms with Crippen LogP contribution in [0.25, 0.3) is 11.4 Å². The van der Waals surface area contributed by atoms with Gasteiger partial charge in [-0.05, 0) is 57.9 Å². The first-order valence-electron chi connectivity index (χ1n) is 13.8. The van der Waals surface area contributed by atoms with Gasteiger partial charge >= 0.3 is 12.2 Å². The second-order valence-corrected chi connectivity index (χ2v) is 11.1. The van der Waals surface area contributed by atoms with Crippen molar-refractivity contribution in [3.05, 3.63) is 53.9 Å². The van der Waals surface area contributed by atoms with Crippen molar-refractivity contribution in [2.45, 2.75) is 57.7 Å². The predicted octanol–water partition coefficient (Wildman–Crippen LogP) is 5.42. The topological polar surface area (TPSA) is 102 Å². The molecule has 13 heteroatoms. The maximum atomic E-state index is 13.7. The molecule has 2 aromatic heterocycles. The molecule has 1 N–H and O–H groups in total. The van der Waals surface area contributed by atoms with Crippen molar-refractivity contribution in [3.63, 3.8) is 0 Å². The molecule has 3 aliphatic rings. The molecule has 3 aromatic rings. The van der Waals surface area contributed by atoms with Gasteiger partial charge in [0.15, 0.2) is 17.4 Å². The van der Waals surface area contributed by atoms with Crippen molar-refractivity contribution in [2.24, 2.45) is 0 Å². The van der Waals surface area contributed by atoms with E-state index in [1.807, 2.05) is 13.8 Å². The third-order valence-corrected chi connectivity index (χ3v) is 7.49. The molecule has 42 heavy (non-hydrogen) atoms. The van der Waals surface area contributed by atoms with Gasteiger partial charge in [-0.25, -0.2) is 19.7 Å². The van der Waals surface area contributed by atoms with Crippen LogP contribution in [0.15, 0.2) is 42.6 Å². The molecule has 2 amide bonds. The van der Waals surface area contributed by atoms with E-state index >= 15 is 0 Å². The third kappa shape index (κ3) is 5.71. The molecule has 0 saturated carbocycles. The number of halogens is 3. The molecule has 2 unspecified atom stereocenters. The van der Waals surface area contributed by atoms with Gasteiger partial charge < -0.3 is 19.1 Å². The Bertz CT molecular complexity index is 1480. The molecule has 10 nitrogen and oxygen atoms in total. The van der Waals surface area contributed by atoms with Crippen molar-refractivity contribution < 1.29 is 32.2 Å². The summed E-state index contributed by atoms with van der Waals surface area (Å²) in [7, 11) is 0. The Morgan fingerprint density at radius 1 is 1.21 bits per heavy atom. The average Bonchev–Trinajstić information content (AvgIpc) is 3.30. The quantitative estimate of drug-likeness (QED) is 0.425. The number of nitrogens with one attached hydrogen (secondary N) is 1. The molecular formula is C29H31F3N6O4. The third-order valence-electron chi connectivity index (χ3n) is 7.49. The largest absolute Gasteiger partial charge is 0.489 e. The normalized spacial score (nSPS) is 21.2. The minimum absolute atomic E-state index is 0.121. The number of aryl methyl sites for hydroxylation is 1. The first kappa shape index (κ1) is 28.2. The number of hydrogen-bond donors (Lipinski definition) is 1. The lowest BCUT2D eigenvalue weighted by molar-refractivity contribution is -0.141. The fraction of sp³-hybridized carbons (Fsp3) is 0.448. The lowest BCUT2D eigenvalue weighted by atomic mass is 9.99. The summed E-state index contributed by atoms with van der Waals surface area (Å²) in [6.07, 6.45) is -1.55. The van der Waals surface area contributed by atoms with Crippen LogP contribution in [0.4, 0.5) is 35.3 Å². The zero-order valence-corrected chi connectivity index (χ0v) is 23.4. The zero-order chi connectivity index (χ0) is 29.6. The highest BCUT2D eigenvalue weighted by Crippen LogP contribution is 2.41. The highest BCUT2D eigenvalue weighted by Gasteiger charge is 2.40. The Hall–Kier alpha value is -3.97. The van der Waals surface area contributed by atoms with Gasteiger partial charge in [0, 0.05) is 18.7 Å². The van der Waals surface area contributed by atoms with Crippen LogP contribution in [-0.4, -0.2) is 65.2 Å². The van der Waals surface area contributed by atoms with E-state index in [0.29, 0.717) is 48.5 Å². The number of aromatic nitrogens is 3. The minimum Gasteiger partial charge on any atom is -0.489 e. The number of pyridine rings is 1. The van der Waals surface area contributed by atoms with Gasteiger partial charge in [-0.1, -0.05) is 12.1 Å². The Kier molecular flexibility index (Phi) is 7.17. The Morgan fingerprint density at radius 2 is 2.05 bits per heavy atom. The number of anilines is 3. The van der Waals surface area contributed by atoms with Gasteiger partial charge in [-0.3, -0.25) is 10.2 Å². The number of hydrogen-bond acceptors (Lipinski definition) is 8. The van der Waals surface area contributed by atoms with Crippen LogP contribution in [0.3, 0.4) is 0 Å². The highest BCUT2D eigenvalue weighted by atomic mass is 19.4. The van der Waals surface area contributed by atoms with E-state index in [1.165, 1.54) is 18.3 Å². The molecule has 222 valence electrons. The van der Waals surface area contributed by atoms with E-state index in [-0.39, 0.29) is 23.5 Å². The summed E-state index contributed by atoms with van der Waals surface area (Å²) in [5, 5.41) is 2.85. The number of piperidine rings is 1. The summed E-state index contributed by atoms with van der Waals surface area (Å²) in [4.78, 5) is 31.0. The number of alkyl halides is 3. The van der Waals surface area contributed by atoms with Crippen LogP contribution in [0, 0.1) is 6.92 Å². The van der Waals surface area contributed by atoms with Gasteiger partial charge in [-0.2, -0.15) is 13.2 Å². The summed E-state index contributed by atoms with van der Waals surface area (Å²) >= 11 is 0. The fourth-order valence-electron chi connectivity index (χ4n) is 5.60. The van der Waals surface area contributed by atoms with Gasteiger partial charge in [0.1, 0.15) is 30.0 Å². The number of fused-ring (bicyclic) bond motifs is 4. The van der Waals surface area contributed by atoms with Crippen molar-refractivity contribution in [3.8, 4) is 17.1 Å². The molecule has 1 aromatic carbocycles. The van der Waals surface area contributed by atoms with Crippen LogP contribution in [-0.2, 0) is 15.7 Å². The molecule has 2 atom stereocenters. The van der Waals surface area contributed by atoms with Crippen LogP contribution in [0.2, 0.25) is 0 Å². The van der Waals surface area contributed by atoms with Crippen molar-refractivity contribution >= 4 is 23.4 Å². The molecule has 0 spiro atoms. The molecule has 6 rings (SSSR count). The second kappa shape index (κ2) is 10.7. The van der Waals surface area contributed by atoms with Gasteiger partial charge in [0.2, 0.25) is 0 Å². The van der Waals surface area contributed by atoms with E-state index in [1.54, 1.807) is 24.0 Å². The SMILES string of the molecule is Cc1nc(-c2cccc(C(F)(F)F)c2)nc2c1N1CCCC(C1)N2C(=O)Nc1ccc(OCC2COC(C)(C)O2)cn1. The van der Waals surface area contributed by atoms with Crippen molar-refractivity contribution in [1.29, 1.82) is 0 Å². The average molecular weight is 585 g/mol. The number of carbonyl (C=O) groups excluding carboxylic acids is 1. The number of urea groups is 1. The predicted molar refractivity (Wildman–Crippen MR) is 149 cm³/mol. The number of amides is 2. The smallest absolute Gasteiger partial charge is 0.416 e. The van der Waals surface area contributed by atoms with Gasteiger partial charge in [-0.15, -0.1) is 0 Å². The van der Waals surface area contributed by atoms with E-state index in [0.717, 1.165) is 31.5 Å². The van der Waals surface area contributed by atoms with E-state index in [9.17, 15) is 18.0 Å². The number of benzene rings is 1. The number of ether oxygens (including phenoxy) is 3. The summed E-state index contributed by atoms with van der Waals surface area (Å²) in [5.41, 5.74) is 0.720. The number of nitrogens with zero attached hydrogens (tertiary/aromatic N) is 5. The fourth-order valence-corrected chi connectivity index (χ4v) is 5.60. The molecule has 2 fully saturated rings. The zero-order valence-electron chi connectivity index (χ0n) is 23.4. The minimum atomic E-state index is -4.50. The second-order valence-electron chi connectivity index (χ2n) is 11.1. The molecule has 5 heterocycles. The Labute approximate surface area is 240 Å². The number of rotatable bonds is 5. The lowest BCUT2D eigenvalue weighted by Crippen LogP contribution is -2.56. The summed E-state index contributed by atoms with van der Waals surface area (Å²) in [6, 6.07) is 7.63. The van der Waals surface area contributed by atoms with Crippen molar-refractivity contribution in [2.75, 3.05) is 41.4 Å². The first-order valence-corrected chi connectivity index (χ1v) is 13.8. The maximum Gasteiger partial charge on any atom is 0.416 e. The molecule has 0 aliphatic carbocycles. The van der Waals surface area contributed by atoms with Gasteiger partial charge in [0.05, 0.1) is 30.1 Å². The maximum absolute atomic E-state index is 13.7. The number of carbonyl (C=O) groups is 1.